The number of aliphatic hydroxyl groups is 1. The summed E-state index contributed by atoms with van der Waals surface area (Å²) in [6, 6.07) is 18.9. The summed E-state index contributed by atoms with van der Waals surface area (Å²) in [5.74, 6) is -5.13. The third kappa shape index (κ3) is 9.64. The molecule has 250 valence electrons. The van der Waals surface area contributed by atoms with E-state index in [2.05, 4.69) is 10.3 Å². The van der Waals surface area contributed by atoms with Gasteiger partial charge in [-0.15, -0.1) is 0 Å². The summed E-state index contributed by atoms with van der Waals surface area (Å²) in [6.45, 7) is 3.76. The van der Waals surface area contributed by atoms with E-state index in [-0.39, 0.29) is 49.7 Å². The zero-order valence-electron chi connectivity index (χ0n) is 25.8. The standard InChI is InChI=1S/C33H35ClN2O11/c1-3-42-28(37)19-44-23-14-10-21(11-15-23)25(22-12-16-24(17-13-22)45-20-29(38)43-4-2)7-6-18-35-32-33(41,47-31(40)30(39)46-32)26-8-5-9-27(34)36-26/h5,8-17,25,32,35,41H,3-4,6-7,18-20H2,1-2H3/t32?,33-/m0/s1. The van der Waals surface area contributed by atoms with E-state index in [1.54, 1.807) is 38.1 Å². The lowest BCUT2D eigenvalue weighted by Crippen LogP contribution is -2.59. The van der Waals surface area contributed by atoms with Crippen LogP contribution in [0.3, 0.4) is 0 Å². The summed E-state index contributed by atoms with van der Waals surface area (Å²) in [4.78, 5) is 51.4. The smallest absolute Gasteiger partial charge is 0.420 e. The van der Waals surface area contributed by atoms with Crippen LogP contribution in [0.4, 0.5) is 0 Å². The number of ether oxygens (including phenoxy) is 6. The quantitative estimate of drug-likeness (QED) is 0.0748. The molecule has 3 aromatic rings. The summed E-state index contributed by atoms with van der Waals surface area (Å²) < 4.78 is 31.1. The van der Waals surface area contributed by atoms with Gasteiger partial charge in [0.1, 0.15) is 22.3 Å². The Balaban J connectivity index is 1.47. The lowest BCUT2D eigenvalue weighted by molar-refractivity contribution is -0.288. The molecule has 0 spiro atoms. The molecular weight excluding hydrogens is 636 g/mol. The fourth-order valence-corrected chi connectivity index (χ4v) is 4.96. The lowest BCUT2D eigenvalue weighted by atomic mass is 9.87. The Labute approximate surface area is 276 Å². The van der Waals surface area contributed by atoms with Gasteiger partial charge in [0.25, 0.3) is 0 Å². The molecule has 1 aliphatic heterocycles. The molecule has 2 aromatic carbocycles. The van der Waals surface area contributed by atoms with E-state index in [0.29, 0.717) is 24.3 Å². The highest BCUT2D eigenvalue weighted by Gasteiger charge is 2.52. The van der Waals surface area contributed by atoms with E-state index in [1.165, 1.54) is 18.2 Å². The van der Waals surface area contributed by atoms with Crippen LogP contribution < -0.4 is 14.8 Å². The molecule has 1 saturated heterocycles. The number of esters is 4. The van der Waals surface area contributed by atoms with E-state index in [9.17, 15) is 24.3 Å². The molecule has 0 saturated carbocycles. The maximum Gasteiger partial charge on any atom is 0.420 e. The second-order valence-corrected chi connectivity index (χ2v) is 10.6. The van der Waals surface area contributed by atoms with Crippen LogP contribution in [0.1, 0.15) is 49.4 Å². The van der Waals surface area contributed by atoms with Crippen molar-refractivity contribution in [2.24, 2.45) is 0 Å². The van der Waals surface area contributed by atoms with Crippen molar-refractivity contribution >= 4 is 35.5 Å². The minimum Gasteiger partial charge on any atom is -0.482 e. The van der Waals surface area contributed by atoms with E-state index in [4.69, 9.17) is 40.0 Å². The van der Waals surface area contributed by atoms with Crippen molar-refractivity contribution in [2.75, 3.05) is 33.0 Å². The van der Waals surface area contributed by atoms with Crippen molar-refractivity contribution in [3.05, 3.63) is 88.7 Å². The molecule has 0 amide bonds. The molecule has 4 rings (SSSR count). The van der Waals surface area contributed by atoms with E-state index in [0.717, 1.165) is 11.1 Å². The Kier molecular flexibility index (Phi) is 12.5. The first-order chi connectivity index (χ1) is 22.6. The van der Waals surface area contributed by atoms with Gasteiger partial charge in [-0.1, -0.05) is 41.9 Å². The molecule has 2 N–H and O–H groups in total. The van der Waals surface area contributed by atoms with Gasteiger partial charge < -0.3 is 33.5 Å². The number of cyclic esters (lactones) is 2. The summed E-state index contributed by atoms with van der Waals surface area (Å²) >= 11 is 5.98. The summed E-state index contributed by atoms with van der Waals surface area (Å²) in [5.41, 5.74) is 1.76. The van der Waals surface area contributed by atoms with Crippen molar-refractivity contribution in [1.29, 1.82) is 0 Å². The number of rotatable bonds is 16. The van der Waals surface area contributed by atoms with Crippen LogP contribution in [0, 0.1) is 0 Å². The van der Waals surface area contributed by atoms with Crippen LogP contribution in [0.2, 0.25) is 5.15 Å². The summed E-state index contributed by atoms with van der Waals surface area (Å²) in [6.07, 6.45) is -0.370. The highest BCUT2D eigenvalue weighted by atomic mass is 35.5. The Bertz CT molecular complexity index is 1470. The summed E-state index contributed by atoms with van der Waals surface area (Å²) in [5, 5.41) is 14.3. The molecule has 1 fully saturated rings. The number of nitrogens with one attached hydrogen (secondary N) is 1. The fourth-order valence-electron chi connectivity index (χ4n) is 4.79. The predicted molar refractivity (Wildman–Crippen MR) is 165 cm³/mol. The molecule has 1 unspecified atom stereocenters. The molecular formula is C33H35ClN2O11. The van der Waals surface area contributed by atoms with Crippen LogP contribution in [-0.2, 0) is 43.9 Å². The van der Waals surface area contributed by atoms with Gasteiger partial charge in [0.15, 0.2) is 13.2 Å². The first-order valence-electron chi connectivity index (χ1n) is 14.9. The first-order valence-corrected chi connectivity index (χ1v) is 15.3. The third-order valence-electron chi connectivity index (χ3n) is 6.97. The van der Waals surface area contributed by atoms with Gasteiger partial charge >= 0.3 is 29.7 Å². The van der Waals surface area contributed by atoms with Crippen LogP contribution in [0.25, 0.3) is 0 Å². The average molecular weight is 671 g/mol. The molecule has 47 heavy (non-hydrogen) atoms. The summed E-state index contributed by atoms with van der Waals surface area (Å²) in [7, 11) is 0. The number of hydrogen-bond donors (Lipinski definition) is 2. The molecule has 0 bridgehead atoms. The zero-order valence-corrected chi connectivity index (χ0v) is 26.6. The third-order valence-corrected chi connectivity index (χ3v) is 7.18. The average Bonchev–Trinajstić information content (AvgIpc) is 3.06. The van der Waals surface area contributed by atoms with Gasteiger partial charge in [0, 0.05) is 5.92 Å². The van der Waals surface area contributed by atoms with Gasteiger partial charge in [-0.25, -0.2) is 24.2 Å². The van der Waals surface area contributed by atoms with E-state index in [1.807, 2.05) is 24.3 Å². The molecule has 1 aromatic heterocycles. The number of nitrogens with zero attached hydrogens (tertiary/aromatic N) is 1. The normalized spacial score (nSPS) is 17.4. The molecule has 13 nitrogen and oxygen atoms in total. The molecule has 1 aliphatic rings. The number of hydrogen-bond acceptors (Lipinski definition) is 13. The van der Waals surface area contributed by atoms with Crippen molar-refractivity contribution in [2.45, 2.75) is 44.6 Å². The van der Waals surface area contributed by atoms with Crippen molar-refractivity contribution < 1.29 is 52.7 Å². The van der Waals surface area contributed by atoms with Crippen molar-refractivity contribution in [1.82, 2.24) is 10.3 Å². The predicted octanol–water partition coefficient (Wildman–Crippen LogP) is 3.39. The number of carbonyl (C=O) groups excluding carboxylic acids is 4. The lowest BCUT2D eigenvalue weighted by Gasteiger charge is -2.37. The zero-order chi connectivity index (χ0) is 33.8. The number of pyridine rings is 1. The van der Waals surface area contributed by atoms with Gasteiger partial charge in [-0.05, 0) is 80.8 Å². The van der Waals surface area contributed by atoms with Crippen LogP contribution in [-0.4, -0.2) is 73.2 Å². The number of aromatic nitrogens is 1. The van der Waals surface area contributed by atoms with Gasteiger partial charge in [0.2, 0.25) is 6.23 Å². The molecule has 0 radical (unpaired) electrons. The monoisotopic (exact) mass is 670 g/mol. The van der Waals surface area contributed by atoms with Gasteiger partial charge in [-0.3, -0.25) is 5.32 Å². The number of benzene rings is 2. The van der Waals surface area contributed by atoms with Crippen LogP contribution in [0.15, 0.2) is 66.7 Å². The van der Waals surface area contributed by atoms with Crippen molar-refractivity contribution in [3.63, 3.8) is 0 Å². The van der Waals surface area contributed by atoms with Gasteiger partial charge in [0.05, 0.1) is 13.2 Å². The topological polar surface area (TPSA) is 169 Å². The molecule has 0 aliphatic carbocycles. The second-order valence-electron chi connectivity index (χ2n) is 10.2. The highest BCUT2D eigenvalue weighted by molar-refractivity contribution is 6.30. The molecule has 2 heterocycles. The minimum atomic E-state index is -2.41. The minimum absolute atomic E-state index is 0.0417. The molecule has 2 atom stereocenters. The van der Waals surface area contributed by atoms with Gasteiger partial charge in [-0.2, -0.15) is 0 Å². The van der Waals surface area contributed by atoms with Crippen molar-refractivity contribution in [3.8, 4) is 11.5 Å². The number of halogens is 1. The highest BCUT2D eigenvalue weighted by Crippen LogP contribution is 2.33. The van der Waals surface area contributed by atoms with Crippen LogP contribution in [0.5, 0.6) is 11.5 Å². The largest absolute Gasteiger partial charge is 0.482 e. The first kappa shape index (κ1) is 35.1. The Morgan fingerprint density at radius 2 is 1.45 bits per heavy atom. The number of carbonyl (C=O) groups is 4. The SMILES string of the molecule is CCOC(=O)COc1ccc(C(CCCNC2OC(=O)C(=O)O[C@@]2(O)c2cccc(Cl)n2)c2ccc(OCC(=O)OCC)cc2)cc1. The fraction of sp³-hybridized carbons (Fsp3) is 0.364. The molecule has 14 heteroatoms. The van der Waals surface area contributed by atoms with Crippen LogP contribution >= 0.6 is 11.6 Å². The Morgan fingerprint density at radius 3 is 1.96 bits per heavy atom. The Morgan fingerprint density at radius 1 is 0.894 bits per heavy atom. The van der Waals surface area contributed by atoms with E-state index >= 15 is 0 Å². The van der Waals surface area contributed by atoms with E-state index < -0.39 is 35.9 Å². The maximum absolute atomic E-state index is 12.0. The second kappa shape index (κ2) is 16.7. The maximum atomic E-state index is 12.0. The Hall–Kier alpha value is -4.72.